The van der Waals surface area contributed by atoms with Crippen molar-refractivity contribution in [1.29, 1.82) is 0 Å². The third kappa shape index (κ3) is 6.33. The SMILES string of the molecule is C#CCOc1c(Cl)cc(C=c2sc3n(c2=O)C(c2ccccc2OC)C(C(=O)OCCOC)=C(C)N=3)cc1OCC. The molecule has 1 aromatic heterocycles. The van der Waals surface area contributed by atoms with Gasteiger partial charge in [0.2, 0.25) is 0 Å². The van der Waals surface area contributed by atoms with Crippen LogP contribution in [0.2, 0.25) is 5.02 Å². The molecule has 0 radical (unpaired) electrons. The molecule has 1 atom stereocenters. The normalized spacial score (nSPS) is 14.6. The number of methoxy groups -OCH3 is 2. The molecule has 0 aliphatic carbocycles. The highest BCUT2D eigenvalue weighted by molar-refractivity contribution is 7.07. The first-order chi connectivity index (χ1) is 19.8. The van der Waals surface area contributed by atoms with Gasteiger partial charge in [-0.2, -0.15) is 0 Å². The molecule has 11 heteroatoms. The number of thiazole rings is 1. The summed E-state index contributed by atoms with van der Waals surface area (Å²) in [6.07, 6.45) is 7.02. The van der Waals surface area contributed by atoms with Gasteiger partial charge in [0.25, 0.3) is 5.56 Å². The predicted molar refractivity (Wildman–Crippen MR) is 157 cm³/mol. The molecule has 41 heavy (non-hydrogen) atoms. The minimum absolute atomic E-state index is 0.0241. The molecule has 214 valence electrons. The Morgan fingerprint density at radius 2 is 1.98 bits per heavy atom. The number of esters is 1. The van der Waals surface area contributed by atoms with Gasteiger partial charge in [0.15, 0.2) is 16.3 Å². The van der Waals surface area contributed by atoms with Crippen LogP contribution < -0.4 is 29.1 Å². The molecule has 2 aromatic carbocycles. The molecule has 0 N–H and O–H groups in total. The Morgan fingerprint density at radius 1 is 1.20 bits per heavy atom. The lowest BCUT2D eigenvalue weighted by atomic mass is 9.95. The number of halogens is 1. The van der Waals surface area contributed by atoms with Crippen molar-refractivity contribution in [3.8, 4) is 29.6 Å². The Morgan fingerprint density at radius 3 is 2.68 bits per heavy atom. The third-order valence-electron chi connectivity index (χ3n) is 6.13. The maximum Gasteiger partial charge on any atom is 0.338 e. The van der Waals surface area contributed by atoms with Crippen LogP contribution in [0.1, 0.15) is 31.0 Å². The van der Waals surface area contributed by atoms with Crippen LogP contribution in [-0.2, 0) is 14.3 Å². The smallest absolute Gasteiger partial charge is 0.338 e. The van der Waals surface area contributed by atoms with E-state index in [2.05, 4.69) is 10.9 Å². The summed E-state index contributed by atoms with van der Waals surface area (Å²) in [5, 5.41) is 0.286. The molecule has 0 saturated carbocycles. The molecule has 0 bridgehead atoms. The lowest BCUT2D eigenvalue weighted by Crippen LogP contribution is -2.40. The van der Waals surface area contributed by atoms with Gasteiger partial charge in [-0.15, -0.1) is 6.42 Å². The summed E-state index contributed by atoms with van der Waals surface area (Å²) in [7, 11) is 3.05. The van der Waals surface area contributed by atoms with Gasteiger partial charge < -0.3 is 23.7 Å². The van der Waals surface area contributed by atoms with Gasteiger partial charge in [-0.1, -0.05) is 47.1 Å². The molecule has 1 aliphatic rings. The van der Waals surface area contributed by atoms with Crippen LogP contribution in [-0.4, -0.2) is 51.2 Å². The average molecular weight is 597 g/mol. The van der Waals surface area contributed by atoms with Crippen LogP contribution in [0.25, 0.3) is 6.08 Å². The fourth-order valence-corrected chi connectivity index (χ4v) is 5.72. The van der Waals surface area contributed by atoms with Crippen LogP contribution in [0, 0.1) is 12.3 Å². The van der Waals surface area contributed by atoms with E-state index in [9.17, 15) is 9.59 Å². The number of rotatable bonds is 11. The number of para-hydroxylation sites is 1. The highest BCUT2D eigenvalue weighted by Gasteiger charge is 2.35. The monoisotopic (exact) mass is 596 g/mol. The van der Waals surface area contributed by atoms with E-state index in [0.717, 1.165) is 0 Å². The largest absolute Gasteiger partial charge is 0.496 e. The number of hydrogen-bond donors (Lipinski definition) is 0. The van der Waals surface area contributed by atoms with Crippen molar-refractivity contribution in [3.05, 3.63) is 83.5 Å². The second-order valence-electron chi connectivity index (χ2n) is 8.71. The zero-order valence-corrected chi connectivity index (χ0v) is 24.6. The summed E-state index contributed by atoms with van der Waals surface area (Å²) in [4.78, 5) is 32.3. The molecule has 2 heterocycles. The van der Waals surface area contributed by atoms with E-state index >= 15 is 0 Å². The van der Waals surface area contributed by atoms with Gasteiger partial charge in [-0.3, -0.25) is 9.36 Å². The summed E-state index contributed by atoms with van der Waals surface area (Å²) in [5.74, 6) is 3.06. The highest BCUT2D eigenvalue weighted by atomic mass is 35.5. The van der Waals surface area contributed by atoms with E-state index < -0.39 is 12.0 Å². The van der Waals surface area contributed by atoms with E-state index in [1.165, 1.54) is 30.1 Å². The molecular weight excluding hydrogens is 568 g/mol. The van der Waals surface area contributed by atoms with Crippen molar-refractivity contribution in [2.45, 2.75) is 19.9 Å². The molecule has 3 aromatic rings. The number of allylic oxidation sites excluding steroid dienone is 1. The van der Waals surface area contributed by atoms with E-state index in [1.807, 2.05) is 25.1 Å². The average Bonchev–Trinajstić information content (AvgIpc) is 3.26. The van der Waals surface area contributed by atoms with Crippen LogP contribution in [0.3, 0.4) is 0 Å². The molecule has 0 fully saturated rings. The van der Waals surface area contributed by atoms with Crippen LogP contribution in [0.15, 0.2) is 57.5 Å². The predicted octanol–water partition coefficient (Wildman–Crippen LogP) is 3.50. The van der Waals surface area contributed by atoms with Crippen molar-refractivity contribution in [1.82, 2.24) is 4.57 Å². The highest BCUT2D eigenvalue weighted by Crippen LogP contribution is 2.37. The van der Waals surface area contributed by atoms with Gasteiger partial charge >= 0.3 is 5.97 Å². The maximum absolute atomic E-state index is 14.0. The summed E-state index contributed by atoms with van der Waals surface area (Å²) in [6, 6.07) is 9.77. The minimum atomic E-state index is -0.832. The number of hydrogen-bond acceptors (Lipinski definition) is 9. The Bertz CT molecular complexity index is 1700. The minimum Gasteiger partial charge on any atom is -0.496 e. The molecule has 0 spiro atoms. The van der Waals surface area contributed by atoms with Crippen molar-refractivity contribution < 1.29 is 28.5 Å². The lowest BCUT2D eigenvalue weighted by Gasteiger charge is -2.26. The lowest BCUT2D eigenvalue weighted by molar-refractivity contribution is -0.140. The van der Waals surface area contributed by atoms with E-state index in [4.69, 9.17) is 41.7 Å². The first-order valence-corrected chi connectivity index (χ1v) is 13.9. The summed E-state index contributed by atoms with van der Waals surface area (Å²) < 4.78 is 29.3. The first kappa shape index (κ1) is 29.9. The van der Waals surface area contributed by atoms with Crippen molar-refractivity contribution in [3.63, 3.8) is 0 Å². The molecule has 0 amide bonds. The van der Waals surface area contributed by atoms with E-state index in [0.29, 0.717) is 50.0 Å². The van der Waals surface area contributed by atoms with Crippen LogP contribution in [0.5, 0.6) is 17.2 Å². The zero-order chi connectivity index (χ0) is 29.5. The quantitative estimate of drug-likeness (QED) is 0.190. The van der Waals surface area contributed by atoms with Crippen LogP contribution in [0.4, 0.5) is 0 Å². The number of ether oxygens (including phenoxy) is 5. The van der Waals surface area contributed by atoms with Gasteiger partial charge in [-0.25, -0.2) is 9.79 Å². The Balaban J connectivity index is 1.90. The van der Waals surface area contributed by atoms with Crippen molar-refractivity contribution in [2.75, 3.05) is 40.6 Å². The second-order valence-corrected chi connectivity index (χ2v) is 10.1. The van der Waals surface area contributed by atoms with Crippen molar-refractivity contribution in [2.24, 2.45) is 4.99 Å². The van der Waals surface area contributed by atoms with Gasteiger partial charge in [0.05, 0.1) is 41.1 Å². The Hall–Kier alpha value is -4.04. The summed E-state index contributed by atoms with van der Waals surface area (Å²) in [6.45, 7) is 4.23. The molecule has 0 saturated heterocycles. The maximum atomic E-state index is 14.0. The van der Waals surface area contributed by atoms with Gasteiger partial charge in [0, 0.05) is 12.7 Å². The number of carbonyl (C=O) groups excluding carboxylic acids is 1. The third-order valence-corrected chi connectivity index (χ3v) is 7.39. The zero-order valence-electron chi connectivity index (χ0n) is 23.1. The topological polar surface area (TPSA) is 97.6 Å². The fraction of sp³-hybridized carbons (Fsp3) is 0.300. The molecule has 9 nitrogen and oxygen atoms in total. The van der Waals surface area contributed by atoms with E-state index in [1.54, 1.807) is 31.2 Å². The summed E-state index contributed by atoms with van der Waals surface area (Å²) in [5.41, 5.74) is 1.56. The number of benzene rings is 2. The second kappa shape index (κ2) is 13.5. The Labute approximate surface area is 246 Å². The number of nitrogens with zero attached hydrogens (tertiary/aromatic N) is 2. The standard InChI is InChI=1S/C30H29ClN2O7S/c1-6-12-39-27-21(31)15-19(16-23(27)38-7-2)17-24-28(34)33-26(20-10-8-9-11-22(20)37-5)25(18(3)32-30(33)41-24)29(35)40-14-13-36-4/h1,8-11,15-17,26H,7,12-14H2,2-5H3. The molecule has 1 unspecified atom stereocenters. The number of fused-ring (bicyclic) bond motifs is 1. The first-order valence-electron chi connectivity index (χ1n) is 12.7. The number of carbonyl (C=O) groups is 1. The molecule has 4 rings (SSSR count). The number of terminal acetylenes is 1. The summed E-state index contributed by atoms with van der Waals surface area (Å²) >= 11 is 7.69. The Kier molecular flexibility index (Phi) is 9.89. The fourth-order valence-electron chi connectivity index (χ4n) is 4.40. The molecular formula is C30H29ClN2O7S. The van der Waals surface area contributed by atoms with Gasteiger partial charge in [0.1, 0.15) is 25.0 Å². The van der Waals surface area contributed by atoms with E-state index in [-0.39, 0.29) is 36.0 Å². The number of aromatic nitrogens is 1. The molecule has 1 aliphatic heterocycles. The van der Waals surface area contributed by atoms with Crippen LogP contribution >= 0.6 is 22.9 Å². The van der Waals surface area contributed by atoms with Crippen molar-refractivity contribution >= 4 is 35.0 Å². The van der Waals surface area contributed by atoms with Gasteiger partial charge in [-0.05, 0) is 43.7 Å².